The molecule has 3 heterocycles. The maximum absolute atomic E-state index is 13.4. The lowest BCUT2D eigenvalue weighted by Gasteiger charge is -2.35. The minimum absolute atomic E-state index is 0.00239. The maximum atomic E-state index is 13.4. The lowest BCUT2D eigenvalue weighted by atomic mass is 10.2. The molecule has 2 aromatic heterocycles. The van der Waals surface area contributed by atoms with Gasteiger partial charge in [-0.3, -0.25) is 4.79 Å². The Bertz CT molecular complexity index is 1000. The predicted octanol–water partition coefficient (Wildman–Crippen LogP) is 3.78. The molecule has 1 fully saturated rings. The first-order valence-corrected chi connectivity index (χ1v) is 9.72. The van der Waals surface area contributed by atoms with Gasteiger partial charge in [-0.2, -0.15) is 5.10 Å². The van der Waals surface area contributed by atoms with Gasteiger partial charge >= 0.3 is 0 Å². The number of nitrogens with zero attached hydrogens (tertiary/aromatic N) is 4. The summed E-state index contributed by atoms with van der Waals surface area (Å²) in [7, 11) is 1.96. The Morgan fingerprint density at radius 1 is 1.14 bits per heavy atom. The summed E-state index contributed by atoms with van der Waals surface area (Å²) in [5.41, 5.74) is 2.95. The second kappa shape index (κ2) is 7.45. The van der Waals surface area contributed by atoms with Crippen LogP contribution in [-0.2, 0) is 11.8 Å². The molecule has 7 heteroatoms. The second-order valence-electron chi connectivity index (χ2n) is 7.28. The third-order valence-corrected chi connectivity index (χ3v) is 5.13. The number of hydrogen-bond acceptors (Lipinski definition) is 3. The van der Waals surface area contributed by atoms with Gasteiger partial charge in [0.15, 0.2) is 0 Å². The summed E-state index contributed by atoms with van der Waals surface area (Å²) in [4.78, 5) is 15.2. The van der Waals surface area contributed by atoms with E-state index in [0.29, 0.717) is 23.8 Å². The summed E-state index contributed by atoms with van der Waals surface area (Å²) in [5, 5.41) is 5.33. The van der Waals surface area contributed by atoms with Crippen LogP contribution in [0.15, 0.2) is 48.7 Å². The Labute approximate surface area is 169 Å². The largest absolute Gasteiger partial charge is 0.372 e. The molecule has 6 nitrogen and oxygen atoms in total. The van der Waals surface area contributed by atoms with Crippen LogP contribution in [0.3, 0.4) is 0 Å². The van der Waals surface area contributed by atoms with Crippen LogP contribution >= 0.6 is 11.6 Å². The maximum Gasteiger partial charge on any atom is 0.272 e. The van der Waals surface area contributed by atoms with Gasteiger partial charge in [0.1, 0.15) is 11.4 Å². The van der Waals surface area contributed by atoms with Gasteiger partial charge in [0.25, 0.3) is 5.91 Å². The Kier molecular flexibility index (Phi) is 5.00. The fourth-order valence-electron chi connectivity index (χ4n) is 3.70. The third-order valence-electron chi connectivity index (χ3n) is 4.89. The number of aromatic nitrogens is 3. The minimum atomic E-state index is -0.0602. The van der Waals surface area contributed by atoms with Gasteiger partial charge in [0.05, 0.1) is 23.6 Å². The van der Waals surface area contributed by atoms with Crippen LogP contribution in [0.5, 0.6) is 0 Å². The third kappa shape index (κ3) is 3.57. The van der Waals surface area contributed by atoms with Crippen molar-refractivity contribution in [2.24, 2.45) is 7.05 Å². The molecule has 0 unspecified atom stereocenters. The van der Waals surface area contributed by atoms with E-state index in [9.17, 15) is 4.79 Å². The summed E-state index contributed by atoms with van der Waals surface area (Å²) in [5.74, 6) is -0.0602. The van der Waals surface area contributed by atoms with Crippen LogP contribution in [0.2, 0.25) is 5.02 Å². The van der Waals surface area contributed by atoms with Crippen LogP contribution in [0, 0.1) is 0 Å². The molecule has 3 aromatic rings. The fraction of sp³-hybridized carbons (Fsp3) is 0.333. The highest BCUT2D eigenvalue weighted by Gasteiger charge is 2.29. The number of ether oxygens (including phenoxy) is 1. The SMILES string of the molecule is C[C@H]1CN(C(=O)c2cc(-c3cccn3C)nn2-c2cccc(Cl)c2)C[C@H](C)O1. The number of hydrogen-bond donors (Lipinski definition) is 0. The first-order chi connectivity index (χ1) is 13.4. The van der Waals surface area contributed by atoms with Crippen LogP contribution in [0.1, 0.15) is 24.3 Å². The molecular weight excluding hydrogens is 376 g/mol. The number of aryl methyl sites for hydroxylation is 1. The Morgan fingerprint density at radius 3 is 2.54 bits per heavy atom. The monoisotopic (exact) mass is 398 g/mol. The van der Waals surface area contributed by atoms with Gasteiger partial charge in [0, 0.05) is 31.4 Å². The van der Waals surface area contributed by atoms with Crippen molar-refractivity contribution < 1.29 is 9.53 Å². The molecule has 1 saturated heterocycles. The standard InChI is InChI=1S/C21H23ClN4O2/c1-14-12-25(13-15(2)28-14)21(27)20-11-18(19-8-5-9-24(19)3)23-26(20)17-7-4-6-16(22)10-17/h4-11,14-15H,12-13H2,1-3H3/t14-,15-/m0/s1. The number of carbonyl (C=O) groups excluding carboxylic acids is 1. The molecule has 1 aliphatic rings. The van der Waals surface area contributed by atoms with E-state index in [1.807, 2.05) is 73.0 Å². The van der Waals surface area contributed by atoms with Crippen LogP contribution in [0.4, 0.5) is 0 Å². The Balaban J connectivity index is 1.79. The van der Waals surface area contributed by atoms with Gasteiger partial charge < -0.3 is 14.2 Å². The predicted molar refractivity (Wildman–Crippen MR) is 109 cm³/mol. The zero-order valence-corrected chi connectivity index (χ0v) is 16.9. The molecule has 28 heavy (non-hydrogen) atoms. The zero-order chi connectivity index (χ0) is 19.8. The lowest BCUT2D eigenvalue weighted by Crippen LogP contribution is -2.48. The van der Waals surface area contributed by atoms with Crippen LogP contribution in [-0.4, -0.2) is 50.5 Å². The van der Waals surface area contributed by atoms with E-state index in [1.165, 1.54) is 0 Å². The normalized spacial score (nSPS) is 19.8. The highest BCUT2D eigenvalue weighted by atomic mass is 35.5. The molecule has 1 amide bonds. The highest BCUT2D eigenvalue weighted by Crippen LogP contribution is 2.25. The molecule has 0 aliphatic carbocycles. The number of amides is 1. The Hall–Kier alpha value is -2.57. The smallest absolute Gasteiger partial charge is 0.272 e. The molecule has 0 N–H and O–H groups in total. The first kappa shape index (κ1) is 18.8. The minimum Gasteiger partial charge on any atom is -0.372 e. The summed E-state index contributed by atoms with van der Waals surface area (Å²) >= 11 is 6.19. The molecule has 1 aromatic carbocycles. The number of carbonyl (C=O) groups is 1. The molecule has 0 bridgehead atoms. The summed E-state index contributed by atoms with van der Waals surface area (Å²) in [6.07, 6.45) is 1.96. The van der Waals surface area contributed by atoms with Gasteiger partial charge in [-0.1, -0.05) is 17.7 Å². The van der Waals surface area contributed by atoms with Gasteiger partial charge in [0.2, 0.25) is 0 Å². The average Bonchev–Trinajstić information content (AvgIpc) is 3.26. The molecule has 1 aliphatic heterocycles. The number of halogens is 1. The van der Waals surface area contributed by atoms with E-state index in [2.05, 4.69) is 0 Å². The van der Waals surface area contributed by atoms with Crippen LogP contribution < -0.4 is 0 Å². The summed E-state index contributed by atoms with van der Waals surface area (Å²) in [6, 6.07) is 13.2. The molecule has 0 saturated carbocycles. The molecule has 146 valence electrons. The van der Waals surface area contributed by atoms with E-state index < -0.39 is 0 Å². The van der Waals surface area contributed by atoms with Crippen molar-refractivity contribution in [2.75, 3.05) is 13.1 Å². The first-order valence-electron chi connectivity index (χ1n) is 9.35. The van der Waals surface area contributed by atoms with Gasteiger partial charge in [-0.25, -0.2) is 4.68 Å². The average molecular weight is 399 g/mol. The topological polar surface area (TPSA) is 52.3 Å². The van der Waals surface area contributed by atoms with Crippen LogP contribution in [0.25, 0.3) is 17.1 Å². The van der Waals surface area contributed by atoms with E-state index in [1.54, 1.807) is 10.7 Å². The van der Waals surface area contributed by atoms with Crippen molar-refractivity contribution in [3.63, 3.8) is 0 Å². The van der Waals surface area contributed by atoms with Crippen molar-refractivity contribution in [2.45, 2.75) is 26.1 Å². The van der Waals surface area contributed by atoms with Crippen molar-refractivity contribution in [1.82, 2.24) is 19.2 Å². The quantitative estimate of drug-likeness (QED) is 0.674. The summed E-state index contributed by atoms with van der Waals surface area (Å²) < 4.78 is 9.44. The number of benzene rings is 1. The van der Waals surface area contributed by atoms with Crippen molar-refractivity contribution in [1.29, 1.82) is 0 Å². The van der Waals surface area contributed by atoms with Crippen molar-refractivity contribution in [3.05, 3.63) is 59.4 Å². The van der Waals surface area contributed by atoms with E-state index in [0.717, 1.165) is 17.1 Å². The van der Waals surface area contributed by atoms with Crippen molar-refractivity contribution >= 4 is 17.5 Å². The second-order valence-corrected chi connectivity index (χ2v) is 7.71. The Morgan fingerprint density at radius 2 is 1.89 bits per heavy atom. The number of morpholine rings is 1. The van der Waals surface area contributed by atoms with Gasteiger partial charge in [-0.15, -0.1) is 0 Å². The molecule has 4 rings (SSSR count). The summed E-state index contributed by atoms with van der Waals surface area (Å²) in [6.45, 7) is 5.09. The molecule has 2 atom stereocenters. The van der Waals surface area contributed by atoms with Gasteiger partial charge in [-0.05, 0) is 50.2 Å². The van der Waals surface area contributed by atoms with E-state index in [4.69, 9.17) is 21.4 Å². The molecular formula is C21H23ClN4O2. The van der Waals surface area contributed by atoms with Crippen molar-refractivity contribution in [3.8, 4) is 17.1 Å². The van der Waals surface area contributed by atoms with E-state index >= 15 is 0 Å². The lowest BCUT2D eigenvalue weighted by molar-refractivity contribution is -0.0588. The highest BCUT2D eigenvalue weighted by molar-refractivity contribution is 6.30. The number of rotatable bonds is 3. The zero-order valence-electron chi connectivity index (χ0n) is 16.2. The van der Waals surface area contributed by atoms with E-state index in [-0.39, 0.29) is 18.1 Å². The molecule has 0 radical (unpaired) electrons. The molecule has 0 spiro atoms. The fourth-order valence-corrected chi connectivity index (χ4v) is 3.88.